The normalized spacial score (nSPS) is 8.82. The van der Waals surface area contributed by atoms with Gasteiger partial charge in [0.1, 0.15) is 0 Å². The van der Waals surface area contributed by atoms with Gasteiger partial charge in [0.15, 0.2) is 0 Å². The summed E-state index contributed by atoms with van der Waals surface area (Å²) in [5.74, 6) is 0. The first-order valence-corrected chi connectivity index (χ1v) is 6.28. The van der Waals surface area contributed by atoms with Crippen LogP contribution in [0, 0.1) is 0 Å². The Bertz CT molecular complexity index is 608. The third kappa shape index (κ3) is 6.05. The van der Waals surface area contributed by atoms with Crippen LogP contribution >= 0.6 is 0 Å². The lowest BCUT2D eigenvalue weighted by atomic mass is 10.1. The van der Waals surface area contributed by atoms with E-state index in [0.29, 0.717) is 11.4 Å². The Balaban J connectivity index is 0.000000224. The molecule has 0 radical (unpaired) electrons. The third-order valence-electron chi connectivity index (χ3n) is 2.59. The van der Waals surface area contributed by atoms with Gasteiger partial charge in [0, 0.05) is 0 Å². The van der Waals surface area contributed by atoms with Crippen molar-refractivity contribution in [3.63, 3.8) is 0 Å². The third-order valence-corrected chi connectivity index (χ3v) is 2.59. The second-order valence-electron chi connectivity index (χ2n) is 4.06. The van der Waals surface area contributed by atoms with Crippen LogP contribution in [-0.2, 0) is 22.8 Å². The van der Waals surface area contributed by atoms with Crippen LogP contribution in [0.15, 0.2) is 58.5 Å². The Labute approximate surface area is 127 Å². The number of hydrogen-bond donors (Lipinski definition) is 2. The Hall–Kier alpha value is -2.88. The van der Waals surface area contributed by atoms with E-state index in [1.165, 1.54) is 12.2 Å². The van der Waals surface area contributed by atoms with Crippen molar-refractivity contribution in [2.45, 2.75) is 13.2 Å². The van der Waals surface area contributed by atoms with Gasteiger partial charge in [0.05, 0.1) is 24.6 Å². The first-order valence-electron chi connectivity index (χ1n) is 6.28. The van der Waals surface area contributed by atoms with Gasteiger partial charge in [-0.05, 0) is 35.4 Å². The van der Waals surface area contributed by atoms with Crippen LogP contribution in [0.3, 0.4) is 0 Å². The van der Waals surface area contributed by atoms with Gasteiger partial charge in [-0.1, -0.05) is 24.3 Å². The molecule has 2 N–H and O–H groups in total. The van der Waals surface area contributed by atoms with Crippen molar-refractivity contribution < 1.29 is 19.8 Å². The van der Waals surface area contributed by atoms with Gasteiger partial charge in [-0.3, -0.25) is 0 Å². The smallest absolute Gasteiger partial charge is 0.240 e. The molecule has 0 unspecified atom stereocenters. The molecule has 0 heterocycles. The number of rotatable bonds is 4. The molecule has 22 heavy (non-hydrogen) atoms. The fourth-order valence-electron chi connectivity index (χ4n) is 1.46. The number of isocyanates is 2. The van der Waals surface area contributed by atoms with E-state index in [-0.39, 0.29) is 13.2 Å². The van der Waals surface area contributed by atoms with Crippen LogP contribution in [0.5, 0.6) is 0 Å². The van der Waals surface area contributed by atoms with Gasteiger partial charge in [0.25, 0.3) is 0 Å². The Kier molecular flexibility index (Phi) is 7.76. The standard InChI is InChI=1S/C8H4N2O2.C8H10O2/c11-5-9-7-1-2-8(4-3-7)10-6-12;9-5-7-1-2-8(6-10)4-3-7/h1-4H;1-4,9-10H,5-6H2. The van der Waals surface area contributed by atoms with Gasteiger partial charge in [0.2, 0.25) is 12.2 Å². The zero-order chi connectivity index (χ0) is 16.2. The van der Waals surface area contributed by atoms with E-state index in [4.69, 9.17) is 10.2 Å². The van der Waals surface area contributed by atoms with Gasteiger partial charge in [-0.15, -0.1) is 0 Å². The van der Waals surface area contributed by atoms with E-state index in [2.05, 4.69) is 9.98 Å². The molecule has 0 bridgehead atoms. The lowest BCUT2D eigenvalue weighted by Gasteiger charge is -1.96. The minimum atomic E-state index is 0.0612. The Morgan fingerprint density at radius 3 is 1.23 bits per heavy atom. The lowest BCUT2D eigenvalue weighted by molar-refractivity contribution is 0.278. The van der Waals surface area contributed by atoms with Crippen molar-refractivity contribution in [1.82, 2.24) is 0 Å². The Morgan fingerprint density at radius 1 is 0.682 bits per heavy atom. The van der Waals surface area contributed by atoms with Crippen molar-refractivity contribution >= 4 is 23.5 Å². The van der Waals surface area contributed by atoms with E-state index in [0.717, 1.165) is 11.1 Å². The minimum Gasteiger partial charge on any atom is -0.392 e. The molecule has 6 heteroatoms. The lowest BCUT2D eigenvalue weighted by Crippen LogP contribution is -1.85. The molecular weight excluding hydrogens is 284 g/mol. The van der Waals surface area contributed by atoms with Crippen molar-refractivity contribution in [2.75, 3.05) is 0 Å². The van der Waals surface area contributed by atoms with Crippen LogP contribution in [-0.4, -0.2) is 22.4 Å². The van der Waals surface area contributed by atoms with Gasteiger partial charge >= 0.3 is 0 Å². The largest absolute Gasteiger partial charge is 0.392 e. The molecule has 2 rings (SSSR count). The monoisotopic (exact) mass is 298 g/mol. The average Bonchev–Trinajstić information content (AvgIpc) is 2.58. The fourth-order valence-corrected chi connectivity index (χ4v) is 1.46. The number of aliphatic hydroxyl groups is 2. The highest BCUT2D eigenvalue weighted by atomic mass is 16.3. The van der Waals surface area contributed by atoms with Crippen molar-refractivity contribution in [3.05, 3.63) is 59.7 Å². The zero-order valence-corrected chi connectivity index (χ0v) is 11.6. The molecule has 0 spiro atoms. The highest BCUT2D eigenvalue weighted by Gasteiger charge is 1.90. The summed E-state index contributed by atoms with van der Waals surface area (Å²) in [7, 11) is 0. The van der Waals surface area contributed by atoms with E-state index >= 15 is 0 Å². The molecule has 0 saturated carbocycles. The summed E-state index contributed by atoms with van der Waals surface area (Å²) in [4.78, 5) is 26.3. The number of hydrogen-bond acceptors (Lipinski definition) is 6. The summed E-state index contributed by atoms with van der Waals surface area (Å²) in [5, 5.41) is 17.3. The SMILES string of the molecule is O=C=Nc1ccc(N=C=O)cc1.OCc1ccc(CO)cc1. The van der Waals surface area contributed by atoms with E-state index in [1.807, 2.05) is 0 Å². The molecule has 112 valence electrons. The molecule has 6 nitrogen and oxygen atoms in total. The highest BCUT2D eigenvalue weighted by molar-refractivity contribution is 5.55. The van der Waals surface area contributed by atoms with Crippen molar-refractivity contribution in [3.8, 4) is 0 Å². The topological polar surface area (TPSA) is 99.3 Å². The molecule has 0 aliphatic heterocycles. The molecule has 0 aromatic heterocycles. The molecule has 0 fully saturated rings. The molecule has 0 atom stereocenters. The fraction of sp³-hybridized carbons (Fsp3) is 0.125. The van der Waals surface area contributed by atoms with Crippen LogP contribution in [0.2, 0.25) is 0 Å². The summed E-state index contributed by atoms with van der Waals surface area (Å²) in [5.41, 5.74) is 2.71. The molecule has 2 aromatic rings. The highest BCUT2D eigenvalue weighted by Crippen LogP contribution is 2.17. The van der Waals surface area contributed by atoms with Crippen LogP contribution < -0.4 is 0 Å². The molecule has 0 amide bonds. The average molecular weight is 298 g/mol. The van der Waals surface area contributed by atoms with Crippen LogP contribution in [0.4, 0.5) is 11.4 Å². The quantitative estimate of drug-likeness (QED) is 0.668. The second kappa shape index (κ2) is 9.94. The van der Waals surface area contributed by atoms with E-state index < -0.39 is 0 Å². The predicted molar refractivity (Wildman–Crippen MR) is 80.3 cm³/mol. The minimum absolute atomic E-state index is 0.0612. The first-order chi connectivity index (χ1) is 10.7. The number of benzene rings is 2. The maximum atomic E-state index is 9.81. The number of nitrogens with zero attached hydrogens (tertiary/aromatic N) is 2. The van der Waals surface area contributed by atoms with Crippen molar-refractivity contribution in [2.24, 2.45) is 9.98 Å². The van der Waals surface area contributed by atoms with Gasteiger partial charge in [-0.2, -0.15) is 9.98 Å². The summed E-state index contributed by atoms with van der Waals surface area (Å²) >= 11 is 0. The van der Waals surface area contributed by atoms with Crippen molar-refractivity contribution in [1.29, 1.82) is 0 Å². The molecule has 0 saturated heterocycles. The second-order valence-corrected chi connectivity index (χ2v) is 4.06. The maximum Gasteiger partial charge on any atom is 0.240 e. The molecule has 2 aromatic carbocycles. The van der Waals surface area contributed by atoms with Crippen LogP contribution in [0.1, 0.15) is 11.1 Å². The number of aliphatic hydroxyl groups excluding tert-OH is 2. The van der Waals surface area contributed by atoms with E-state index in [1.54, 1.807) is 48.5 Å². The summed E-state index contributed by atoms with van der Waals surface area (Å²) in [6.45, 7) is 0.122. The molecule has 0 aliphatic rings. The summed E-state index contributed by atoms with van der Waals surface area (Å²) < 4.78 is 0. The molecular formula is C16H14N2O4. The summed E-state index contributed by atoms with van der Waals surface area (Å²) in [6, 6.07) is 13.4. The first kappa shape index (κ1) is 17.2. The van der Waals surface area contributed by atoms with Gasteiger partial charge in [-0.25, -0.2) is 9.59 Å². The Morgan fingerprint density at radius 2 is 1.00 bits per heavy atom. The summed E-state index contributed by atoms with van der Waals surface area (Å²) in [6.07, 6.45) is 2.80. The number of aliphatic imine (C=N–C) groups is 2. The van der Waals surface area contributed by atoms with Gasteiger partial charge < -0.3 is 10.2 Å². The zero-order valence-electron chi connectivity index (χ0n) is 11.6. The van der Waals surface area contributed by atoms with E-state index in [9.17, 15) is 9.59 Å². The molecule has 0 aliphatic carbocycles. The maximum absolute atomic E-state index is 9.81. The number of carbonyl (C=O) groups excluding carboxylic acids is 2. The predicted octanol–water partition coefficient (Wildman–Crippen LogP) is 2.29. The van der Waals surface area contributed by atoms with Crippen LogP contribution in [0.25, 0.3) is 0 Å².